The summed E-state index contributed by atoms with van der Waals surface area (Å²) in [6.07, 6.45) is 1.49. The predicted octanol–water partition coefficient (Wildman–Crippen LogP) is 4.13. The van der Waals surface area contributed by atoms with Gasteiger partial charge in [-0.2, -0.15) is 0 Å². The topological polar surface area (TPSA) is 82.1 Å². The van der Waals surface area contributed by atoms with Gasteiger partial charge in [0.05, 0.1) is 23.6 Å². The van der Waals surface area contributed by atoms with Gasteiger partial charge in [0, 0.05) is 6.07 Å². The molecule has 1 aliphatic rings. The van der Waals surface area contributed by atoms with Crippen molar-refractivity contribution in [3.05, 3.63) is 27.6 Å². The first-order valence-electron chi connectivity index (χ1n) is 8.53. The Morgan fingerprint density at radius 3 is 2.50 bits per heavy atom. The summed E-state index contributed by atoms with van der Waals surface area (Å²) in [6, 6.07) is 3.20. The van der Waals surface area contributed by atoms with E-state index in [2.05, 4.69) is 0 Å². The smallest absolute Gasteiger partial charge is 0.326 e. The fraction of sp³-hybridized carbons (Fsp3) is 0.421. The summed E-state index contributed by atoms with van der Waals surface area (Å²) in [5.74, 6) is -0.307. The molecule has 0 atom stereocenters. The molecule has 0 saturated carbocycles. The monoisotopic (exact) mass is 427 g/mol. The Morgan fingerprint density at radius 1 is 1.25 bits per heavy atom. The molecule has 1 fully saturated rings. The molecule has 1 aromatic rings. The zero-order valence-corrected chi connectivity index (χ0v) is 17.9. The van der Waals surface area contributed by atoms with E-state index in [1.807, 2.05) is 6.92 Å². The first-order chi connectivity index (χ1) is 13.1. The maximum Gasteiger partial charge on any atom is 0.326 e. The minimum atomic E-state index is -0.707. The zero-order chi connectivity index (χ0) is 21.1. The minimum absolute atomic E-state index is 0.156. The van der Waals surface area contributed by atoms with Gasteiger partial charge in [0.2, 0.25) is 0 Å². The highest BCUT2D eigenvalue weighted by molar-refractivity contribution is 8.18. The second-order valence-corrected chi connectivity index (χ2v) is 8.21. The molecule has 0 aliphatic carbocycles. The standard InChI is InChI=1S/C19H22ClNO6S/c1-6-26-14-7-11(12(20)9-13(14)25-5)8-15-17(23)21(18(24)28-15)10-16(22)27-19(2,3)4/h7-9H,6,10H2,1-5H3/b15-8+. The van der Waals surface area contributed by atoms with Gasteiger partial charge in [-0.05, 0) is 57.2 Å². The Bertz CT molecular complexity index is 830. The third-order valence-electron chi connectivity index (χ3n) is 3.45. The molecule has 9 heteroatoms. The number of thioether (sulfide) groups is 1. The fourth-order valence-electron chi connectivity index (χ4n) is 2.37. The van der Waals surface area contributed by atoms with Gasteiger partial charge in [0.25, 0.3) is 11.1 Å². The van der Waals surface area contributed by atoms with Crippen molar-refractivity contribution in [2.45, 2.75) is 33.3 Å². The fourth-order valence-corrected chi connectivity index (χ4v) is 3.41. The normalized spacial score (nSPS) is 15.9. The Kier molecular flexibility index (Phi) is 7.01. The molecular weight excluding hydrogens is 406 g/mol. The molecule has 7 nitrogen and oxygen atoms in total. The highest BCUT2D eigenvalue weighted by Crippen LogP contribution is 2.37. The number of hydrogen-bond acceptors (Lipinski definition) is 7. The van der Waals surface area contributed by atoms with Gasteiger partial charge < -0.3 is 14.2 Å². The number of benzene rings is 1. The van der Waals surface area contributed by atoms with Crippen molar-refractivity contribution in [2.75, 3.05) is 20.3 Å². The number of esters is 1. The summed E-state index contributed by atoms with van der Waals surface area (Å²) in [7, 11) is 1.50. The van der Waals surface area contributed by atoms with Gasteiger partial charge in [-0.15, -0.1) is 0 Å². The molecule has 0 bridgehead atoms. The second-order valence-electron chi connectivity index (χ2n) is 6.81. The number of carbonyl (C=O) groups is 3. The molecule has 1 aromatic carbocycles. The lowest BCUT2D eigenvalue weighted by Crippen LogP contribution is -2.37. The lowest BCUT2D eigenvalue weighted by atomic mass is 10.1. The maximum absolute atomic E-state index is 12.6. The highest BCUT2D eigenvalue weighted by Gasteiger charge is 2.37. The molecule has 0 N–H and O–H groups in total. The number of nitrogens with zero attached hydrogens (tertiary/aromatic N) is 1. The van der Waals surface area contributed by atoms with E-state index in [4.69, 9.17) is 25.8 Å². The number of hydrogen-bond donors (Lipinski definition) is 0. The molecule has 0 unspecified atom stereocenters. The number of amides is 2. The van der Waals surface area contributed by atoms with Crippen molar-refractivity contribution in [1.82, 2.24) is 4.90 Å². The van der Waals surface area contributed by atoms with Crippen LogP contribution in [0.2, 0.25) is 5.02 Å². The molecule has 2 amide bonds. The van der Waals surface area contributed by atoms with Crippen LogP contribution < -0.4 is 9.47 Å². The molecule has 1 heterocycles. The Labute approximate surface area is 172 Å². The third-order valence-corrected chi connectivity index (χ3v) is 4.68. The van der Waals surface area contributed by atoms with Gasteiger partial charge in [0.1, 0.15) is 12.1 Å². The van der Waals surface area contributed by atoms with E-state index in [1.165, 1.54) is 13.2 Å². The quantitative estimate of drug-likeness (QED) is 0.498. The highest BCUT2D eigenvalue weighted by atomic mass is 35.5. The summed E-state index contributed by atoms with van der Waals surface area (Å²) >= 11 is 7.00. The molecule has 1 aliphatic heterocycles. The van der Waals surface area contributed by atoms with Crippen molar-refractivity contribution < 1.29 is 28.6 Å². The van der Waals surface area contributed by atoms with Crippen LogP contribution in [-0.4, -0.2) is 47.9 Å². The average Bonchev–Trinajstić information content (AvgIpc) is 2.83. The van der Waals surface area contributed by atoms with Crippen LogP contribution in [0.3, 0.4) is 0 Å². The van der Waals surface area contributed by atoms with Gasteiger partial charge in [0.15, 0.2) is 11.5 Å². The maximum atomic E-state index is 12.6. The number of methoxy groups -OCH3 is 1. The van der Waals surface area contributed by atoms with Crippen LogP contribution in [0.1, 0.15) is 33.3 Å². The summed E-state index contributed by atoms with van der Waals surface area (Å²) in [5, 5.41) is -0.212. The van der Waals surface area contributed by atoms with E-state index in [0.29, 0.717) is 28.7 Å². The Morgan fingerprint density at radius 2 is 1.93 bits per heavy atom. The van der Waals surface area contributed by atoms with E-state index in [-0.39, 0.29) is 4.91 Å². The summed E-state index contributed by atoms with van der Waals surface area (Å²) in [6.45, 7) is 6.93. The molecule has 152 valence electrons. The van der Waals surface area contributed by atoms with Crippen molar-refractivity contribution in [1.29, 1.82) is 0 Å². The van der Waals surface area contributed by atoms with Crippen LogP contribution in [0, 0.1) is 0 Å². The number of rotatable bonds is 6. The summed E-state index contributed by atoms with van der Waals surface area (Å²) < 4.78 is 15.9. The van der Waals surface area contributed by atoms with Crippen LogP contribution in [0.25, 0.3) is 6.08 Å². The average molecular weight is 428 g/mol. The van der Waals surface area contributed by atoms with E-state index in [0.717, 1.165) is 16.7 Å². The number of carbonyl (C=O) groups excluding carboxylic acids is 3. The van der Waals surface area contributed by atoms with Gasteiger partial charge in [-0.1, -0.05) is 11.6 Å². The first kappa shape index (κ1) is 22.1. The van der Waals surface area contributed by atoms with E-state index < -0.39 is 29.3 Å². The second kappa shape index (κ2) is 8.87. The number of ether oxygens (including phenoxy) is 3. The minimum Gasteiger partial charge on any atom is -0.493 e. The lowest BCUT2D eigenvalue weighted by molar-refractivity contribution is -0.156. The Hall–Kier alpha value is -2.19. The number of imide groups is 1. The largest absolute Gasteiger partial charge is 0.493 e. The lowest BCUT2D eigenvalue weighted by Gasteiger charge is -2.21. The first-order valence-corrected chi connectivity index (χ1v) is 9.72. The molecular formula is C19H22ClNO6S. The number of halogens is 1. The summed E-state index contributed by atoms with van der Waals surface area (Å²) in [4.78, 5) is 37.7. The molecule has 1 saturated heterocycles. The SMILES string of the molecule is CCOc1cc(/C=C2/SC(=O)N(CC(=O)OC(C)(C)C)C2=O)c(Cl)cc1OC. The van der Waals surface area contributed by atoms with Crippen LogP contribution in [0.15, 0.2) is 17.0 Å². The van der Waals surface area contributed by atoms with Gasteiger partial charge in [-0.25, -0.2) is 0 Å². The van der Waals surface area contributed by atoms with Crippen molar-refractivity contribution in [2.24, 2.45) is 0 Å². The van der Waals surface area contributed by atoms with Crippen molar-refractivity contribution >= 4 is 46.6 Å². The molecule has 0 spiro atoms. The van der Waals surface area contributed by atoms with Crippen molar-refractivity contribution in [3.8, 4) is 11.5 Å². The van der Waals surface area contributed by atoms with Gasteiger partial charge >= 0.3 is 5.97 Å². The zero-order valence-electron chi connectivity index (χ0n) is 16.3. The molecule has 2 rings (SSSR count). The molecule has 0 radical (unpaired) electrons. The van der Waals surface area contributed by atoms with Crippen molar-refractivity contribution in [3.63, 3.8) is 0 Å². The molecule has 28 heavy (non-hydrogen) atoms. The third kappa shape index (κ3) is 5.42. The predicted molar refractivity (Wildman–Crippen MR) is 108 cm³/mol. The Balaban J connectivity index is 2.26. The van der Waals surface area contributed by atoms with E-state index in [9.17, 15) is 14.4 Å². The van der Waals surface area contributed by atoms with Crippen LogP contribution in [-0.2, 0) is 14.3 Å². The van der Waals surface area contributed by atoms with Crippen LogP contribution >= 0.6 is 23.4 Å². The van der Waals surface area contributed by atoms with E-state index in [1.54, 1.807) is 32.9 Å². The van der Waals surface area contributed by atoms with E-state index >= 15 is 0 Å². The summed E-state index contributed by atoms with van der Waals surface area (Å²) in [5.41, 5.74) is -0.213. The molecule has 0 aromatic heterocycles. The van der Waals surface area contributed by atoms with Gasteiger partial charge in [-0.3, -0.25) is 19.3 Å². The van der Waals surface area contributed by atoms with Crippen LogP contribution in [0.4, 0.5) is 4.79 Å². The van der Waals surface area contributed by atoms with Crippen LogP contribution in [0.5, 0.6) is 11.5 Å².